The summed E-state index contributed by atoms with van der Waals surface area (Å²) in [4.78, 5) is 25.3. The zero-order valence-corrected chi connectivity index (χ0v) is 9.49. The summed E-state index contributed by atoms with van der Waals surface area (Å²) in [5.74, 6) is -0.828. The molecule has 0 bridgehead atoms. The van der Waals surface area contributed by atoms with Gasteiger partial charge in [0.1, 0.15) is 11.7 Å². The van der Waals surface area contributed by atoms with Gasteiger partial charge in [-0.3, -0.25) is 9.59 Å². The number of ether oxygens (including phenoxy) is 1. The van der Waals surface area contributed by atoms with Crippen LogP contribution in [0.1, 0.15) is 26.2 Å². The molecule has 0 aliphatic carbocycles. The molecule has 0 amide bonds. The van der Waals surface area contributed by atoms with E-state index in [2.05, 4.69) is 4.90 Å². The van der Waals surface area contributed by atoms with Gasteiger partial charge in [0.05, 0.1) is 6.61 Å². The summed E-state index contributed by atoms with van der Waals surface area (Å²) in [6.07, 6.45) is 1.97. The first-order chi connectivity index (χ1) is 7.15. The molecule has 1 aliphatic heterocycles. The van der Waals surface area contributed by atoms with Gasteiger partial charge in [0, 0.05) is 13.0 Å². The third-order valence-corrected chi connectivity index (χ3v) is 2.73. The fraction of sp³-hybridized carbons (Fsp3) is 0.818. The van der Waals surface area contributed by atoms with Crippen LogP contribution in [0.5, 0.6) is 0 Å². The monoisotopic (exact) mass is 213 g/mol. The number of hydrogen-bond donors (Lipinski definition) is 0. The molecule has 0 aromatic heterocycles. The molecule has 4 heteroatoms. The highest BCUT2D eigenvalue weighted by Gasteiger charge is 2.28. The number of nitrogens with zero attached hydrogens (tertiary/aromatic N) is 1. The molecule has 0 spiro atoms. The second-order valence-electron chi connectivity index (χ2n) is 3.97. The SMILES string of the molecule is CCOC(=O)C1CCCN(C)CCC1=O. The van der Waals surface area contributed by atoms with E-state index in [0.717, 1.165) is 19.5 Å². The lowest BCUT2D eigenvalue weighted by Gasteiger charge is -2.22. The van der Waals surface area contributed by atoms with Crippen molar-refractivity contribution in [1.82, 2.24) is 4.90 Å². The average Bonchev–Trinajstić information content (AvgIpc) is 2.19. The van der Waals surface area contributed by atoms with Crippen molar-refractivity contribution in [2.75, 3.05) is 26.7 Å². The maximum absolute atomic E-state index is 11.7. The Balaban J connectivity index is 2.55. The van der Waals surface area contributed by atoms with E-state index in [-0.39, 0.29) is 11.8 Å². The van der Waals surface area contributed by atoms with Gasteiger partial charge < -0.3 is 9.64 Å². The van der Waals surface area contributed by atoms with Gasteiger partial charge in [0.2, 0.25) is 0 Å². The molecule has 0 radical (unpaired) electrons. The van der Waals surface area contributed by atoms with Crippen LogP contribution in [0.2, 0.25) is 0 Å². The highest BCUT2D eigenvalue weighted by Crippen LogP contribution is 2.15. The van der Waals surface area contributed by atoms with E-state index in [4.69, 9.17) is 4.74 Å². The summed E-state index contributed by atoms with van der Waals surface area (Å²) >= 11 is 0. The molecular weight excluding hydrogens is 194 g/mol. The Bertz CT molecular complexity index is 240. The molecule has 0 saturated carbocycles. The third kappa shape index (κ3) is 3.63. The Morgan fingerprint density at radius 3 is 2.93 bits per heavy atom. The number of Topliss-reactive ketones (excluding diaryl/α,β-unsaturated/α-hetero) is 1. The van der Waals surface area contributed by atoms with Gasteiger partial charge in [0.25, 0.3) is 0 Å². The lowest BCUT2D eigenvalue weighted by molar-refractivity contribution is -0.152. The molecule has 1 unspecified atom stereocenters. The Morgan fingerprint density at radius 2 is 2.27 bits per heavy atom. The van der Waals surface area contributed by atoms with Crippen molar-refractivity contribution in [3.63, 3.8) is 0 Å². The minimum atomic E-state index is -0.515. The van der Waals surface area contributed by atoms with Crippen LogP contribution in [0.4, 0.5) is 0 Å². The summed E-state index contributed by atoms with van der Waals surface area (Å²) in [6.45, 7) is 3.81. The van der Waals surface area contributed by atoms with Crippen molar-refractivity contribution < 1.29 is 14.3 Å². The predicted molar refractivity (Wildman–Crippen MR) is 56.5 cm³/mol. The van der Waals surface area contributed by atoms with E-state index in [1.165, 1.54) is 0 Å². The van der Waals surface area contributed by atoms with Crippen molar-refractivity contribution >= 4 is 11.8 Å². The van der Waals surface area contributed by atoms with E-state index in [1.54, 1.807) is 6.92 Å². The van der Waals surface area contributed by atoms with Gasteiger partial charge in [-0.1, -0.05) is 0 Å². The largest absolute Gasteiger partial charge is 0.465 e. The first-order valence-corrected chi connectivity index (χ1v) is 5.53. The van der Waals surface area contributed by atoms with Gasteiger partial charge in [0.15, 0.2) is 0 Å². The molecular formula is C11H19NO3. The maximum atomic E-state index is 11.7. The fourth-order valence-corrected chi connectivity index (χ4v) is 1.81. The lowest BCUT2D eigenvalue weighted by atomic mass is 9.94. The minimum Gasteiger partial charge on any atom is -0.465 e. The second-order valence-corrected chi connectivity index (χ2v) is 3.97. The normalized spacial score (nSPS) is 24.4. The molecule has 15 heavy (non-hydrogen) atoms. The van der Waals surface area contributed by atoms with E-state index < -0.39 is 5.92 Å². The molecule has 1 saturated heterocycles. The molecule has 1 fully saturated rings. The van der Waals surface area contributed by atoms with Gasteiger partial charge in [-0.15, -0.1) is 0 Å². The zero-order chi connectivity index (χ0) is 11.3. The summed E-state index contributed by atoms with van der Waals surface area (Å²) in [5.41, 5.74) is 0. The maximum Gasteiger partial charge on any atom is 0.316 e. The Hall–Kier alpha value is -0.900. The smallest absolute Gasteiger partial charge is 0.316 e. The summed E-state index contributed by atoms with van der Waals surface area (Å²) in [5, 5.41) is 0. The number of ketones is 1. The number of carbonyl (C=O) groups excluding carboxylic acids is 2. The third-order valence-electron chi connectivity index (χ3n) is 2.73. The van der Waals surface area contributed by atoms with Crippen LogP contribution in [0.25, 0.3) is 0 Å². The van der Waals surface area contributed by atoms with Crippen molar-refractivity contribution in [2.24, 2.45) is 5.92 Å². The van der Waals surface area contributed by atoms with Gasteiger partial charge in [-0.05, 0) is 33.4 Å². The van der Waals surface area contributed by atoms with Crippen molar-refractivity contribution in [3.05, 3.63) is 0 Å². The van der Waals surface area contributed by atoms with Crippen LogP contribution >= 0.6 is 0 Å². The summed E-state index contributed by atoms with van der Waals surface area (Å²) in [6, 6.07) is 0. The summed E-state index contributed by atoms with van der Waals surface area (Å²) in [7, 11) is 2.00. The number of rotatable bonds is 2. The molecule has 1 atom stereocenters. The Labute approximate surface area is 90.6 Å². The number of esters is 1. The van der Waals surface area contributed by atoms with Gasteiger partial charge in [-0.2, -0.15) is 0 Å². The van der Waals surface area contributed by atoms with Crippen LogP contribution in [0.3, 0.4) is 0 Å². The van der Waals surface area contributed by atoms with E-state index in [9.17, 15) is 9.59 Å². The molecule has 0 N–H and O–H groups in total. The average molecular weight is 213 g/mol. The van der Waals surface area contributed by atoms with Crippen LogP contribution in [0.15, 0.2) is 0 Å². The molecule has 0 aromatic carbocycles. The minimum absolute atomic E-state index is 0.0278. The Morgan fingerprint density at radius 1 is 1.53 bits per heavy atom. The van der Waals surface area contributed by atoms with Crippen molar-refractivity contribution in [3.8, 4) is 0 Å². The van der Waals surface area contributed by atoms with E-state index >= 15 is 0 Å². The zero-order valence-electron chi connectivity index (χ0n) is 9.49. The number of carbonyl (C=O) groups is 2. The van der Waals surface area contributed by atoms with Crippen LogP contribution < -0.4 is 0 Å². The molecule has 1 aliphatic rings. The molecule has 1 heterocycles. The van der Waals surface area contributed by atoms with E-state index in [1.807, 2.05) is 7.05 Å². The van der Waals surface area contributed by atoms with Gasteiger partial charge in [-0.25, -0.2) is 0 Å². The number of hydrogen-bond acceptors (Lipinski definition) is 4. The topological polar surface area (TPSA) is 46.6 Å². The quantitative estimate of drug-likeness (QED) is 0.504. The van der Waals surface area contributed by atoms with E-state index in [0.29, 0.717) is 19.4 Å². The lowest BCUT2D eigenvalue weighted by Crippen LogP contribution is -2.33. The van der Waals surface area contributed by atoms with Crippen molar-refractivity contribution in [1.29, 1.82) is 0 Å². The van der Waals surface area contributed by atoms with Crippen LogP contribution in [0, 0.1) is 5.92 Å². The highest BCUT2D eigenvalue weighted by molar-refractivity contribution is 5.99. The molecule has 86 valence electrons. The molecule has 1 rings (SSSR count). The fourth-order valence-electron chi connectivity index (χ4n) is 1.81. The summed E-state index contributed by atoms with van der Waals surface area (Å²) < 4.78 is 4.90. The first kappa shape index (κ1) is 12.2. The van der Waals surface area contributed by atoms with Crippen molar-refractivity contribution in [2.45, 2.75) is 26.2 Å². The number of likely N-dealkylation sites (tertiary alicyclic amines) is 1. The molecule has 4 nitrogen and oxygen atoms in total. The standard InChI is InChI=1S/C11H19NO3/c1-3-15-11(14)9-5-4-7-12(2)8-6-10(9)13/h9H,3-8H2,1-2H3. The predicted octanol–water partition coefficient (Wildman–Crippen LogP) is 0.850. The first-order valence-electron chi connectivity index (χ1n) is 5.53. The van der Waals surface area contributed by atoms with Crippen LogP contribution in [-0.4, -0.2) is 43.4 Å². The van der Waals surface area contributed by atoms with Crippen LogP contribution in [-0.2, 0) is 14.3 Å². The molecule has 0 aromatic rings. The Kier molecular flexibility index (Phi) is 4.75. The highest BCUT2D eigenvalue weighted by atomic mass is 16.5. The second kappa shape index (κ2) is 5.85. The van der Waals surface area contributed by atoms with Gasteiger partial charge >= 0.3 is 5.97 Å².